The SMILES string of the molecule is CC(C)(C)c1csc(CN2CCN(C(=O)COc3ccccc3)CC2)n1. The molecule has 1 amide bonds. The van der Waals surface area contributed by atoms with E-state index >= 15 is 0 Å². The van der Waals surface area contributed by atoms with Gasteiger partial charge in [-0.15, -0.1) is 11.3 Å². The Kier molecular flexibility index (Phi) is 5.94. The number of para-hydroxylation sites is 1. The number of benzene rings is 1. The maximum Gasteiger partial charge on any atom is 0.260 e. The van der Waals surface area contributed by atoms with Gasteiger partial charge in [0.2, 0.25) is 0 Å². The first kappa shape index (κ1) is 18.9. The highest BCUT2D eigenvalue weighted by Gasteiger charge is 2.23. The lowest BCUT2D eigenvalue weighted by Crippen LogP contribution is -2.49. The fraction of sp³-hybridized carbons (Fsp3) is 0.500. The lowest BCUT2D eigenvalue weighted by Gasteiger charge is -2.34. The molecule has 5 nitrogen and oxygen atoms in total. The normalized spacial score (nSPS) is 15.9. The van der Waals surface area contributed by atoms with Crippen LogP contribution in [0.15, 0.2) is 35.7 Å². The molecule has 0 spiro atoms. The summed E-state index contributed by atoms with van der Waals surface area (Å²) in [5.74, 6) is 0.788. The second-order valence-electron chi connectivity index (χ2n) is 7.64. The average Bonchev–Trinajstić information content (AvgIpc) is 3.10. The van der Waals surface area contributed by atoms with E-state index in [-0.39, 0.29) is 17.9 Å². The minimum atomic E-state index is 0.0535. The van der Waals surface area contributed by atoms with E-state index in [9.17, 15) is 4.79 Å². The fourth-order valence-corrected chi connectivity index (χ4v) is 3.89. The number of nitrogens with zero attached hydrogens (tertiary/aromatic N) is 3. The largest absolute Gasteiger partial charge is 0.484 e. The number of carbonyl (C=O) groups is 1. The highest BCUT2D eigenvalue weighted by Crippen LogP contribution is 2.24. The monoisotopic (exact) mass is 373 g/mol. The van der Waals surface area contributed by atoms with Crippen LogP contribution in [0.25, 0.3) is 0 Å². The van der Waals surface area contributed by atoms with Gasteiger partial charge in [0.25, 0.3) is 5.91 Å². The molecule has 2 heterocycles. The Hall–Kier alpha value is -1.92. The summed E-state index contributed by atoms with van der Waals surface area (Å²) in [6, 6.07) is 9.47. The Morgan fingerprint density at radius 2 is 1.85 bits per heavy atom. The van der Waals surface area contributed by atoms with Gasteiger partial charge in [-0.25, -0.2) is 4.98 Å². The standard InChI is InChI=1S/C20H27N3O2S/c1-20(2,3)17-15-26-18(21-17)13-22-9-11-23(12-10-22)19(24)14-25-16-7-5-4-6-8-16/h4-8,15H,9-14H2,1-3H3. The molecule has 1 aromatic heterocycles. The number of rotatable bonds is 5. The number of hydrogen-bond acceptors (Lipinski definition) is 5. The van der Waals surface area contributed by atoms with Crippen molar-refractivity contribution in [3.63, 3.8) is 0 Å². The summed E-state index contributed by atoms with van der Waals surface area (Å²) in [5, 5.41) is 3.32. The van der Waals surface area contributed by atoms with Crippen molar-refractivity contribution in [1.29, 1.82) is 0 Å². The van der Waals surface area contributed by atoms with Crippen LogP contribution in [-0.2, 0) is 16.8 Å². The lowest BCUT2D eigenvalue weighted by atomic mass is 9.93. The van der Waals surface area contributed by atoms with Crippen molar-refractivity contribution in [3.8, 4) is 5.75 Å². The number of ether oxygens (including phenoxy) is 1. The number of amides is 1. The zero-order valence-corrected chi connectivity index (χ0v) is 16.6. The van der Waals surface area contributed by atoms with Crippen molar-refractivity contribution in [1.82, 2.24) is 14.8 Å². The maximum atomic E-state index is 12.3. The van der Waals surface area contributed by atoms with Crippen molar-refractivity contribution in [2.45, 2.75) is 32.7 Å². The van der Waals surface area contributed by atoms with Gasteiger partial charge in [0.1, 0.15) is 10.8 Å². The molecule has 1 saturated heterocycles. The molecule has 0 aliphatic carbocycles. The van der Waals surface area contributed by atoms with Crippen LogP contribution in [0.4, 0.5) is 0 Å². The highest BCUT2D eigenvalue weighted by molar-refractivity contribution is 7.09. The summed E-state index contributed by atoms with van der Waals surface area (Å²) >= 11 is 1.73. The molecule has 26 heavy (non-hydrogen) atoms. The van der Waals surface area contributed by atoms with Gasteiger partial charge in [-0.05, 0) is 12.1 Å². The highest BCUT2D eigenvalue weighted by atomic mass is 32.1. The van der Waals surface area contributed by atoms with E-state index in [0.717, 1.165) is 49.2 Å². The molecule has 0 bridgehead atoms. The Morgan fingerprint density at radius 3 is 2.46 bits per heavy atom. The average molecular weight is 374 g/mol. The first-order chi connectivity index (χ1) is 12.4. The molecule has 0 atom stereocenters. The molecule has 0 radical (unpaired) electrons. The van der Waals surface area contributed by atoms with E-state index in [1.54, 1.807) is 11.3 Å². The van der Waals surface area contributed by atoms with Crippen LogP contribution >= 0.6 is 11.3 Å². The number of hydrogen-bond donors (Lipinski definition) is 0. The van der Waals surface area contributed by atoms with Crippen molar-refractivity contribution >= 4 is 17.2 Å². The van der Waals surface area contributed by atoms with Crippen molar-refractivity contribution in [2.24, 2.45) is 0 Å². The number of piperazine rings is 1. The van der Waals surface area contributed by atoms with Crippen molar-refractivity contribution < 1.29 is 9.53 Å². The third kappa shape index (κ3) is 5.05. The number of thiazole rings is 1. The molecule has 1 aliphatic rings. The molecule has 140 valence electrons. The van der Waals surface area contributed by atoms with Crippen LogP contribution in [0.3, 0.4) is 0 Å². The molecule has 0 unspecified atom stereocenters. The van der Waals surface area contributed by atoms with Gasteiger partial charge in [0.05, 0.1) is 12.2 Å². The summed E-state index contributed by atoms with van der Waals surface area (Å²) in [7, 11) is 0. The Balaban J connectivity index is 1.43. The molecule has 2 aromatic rings. The summed E-state index contributed by atoms with van der Waals surface area (Å²) in [6.45, 7) is 10.8. The van der Waals surface area contributed by atoms with Crippen LogP contribution in [0.1, 0.15) is 31.5 Å². The van der Waals surface area contributed by atoms with Gasteiger partial charge in [-0.3, -0.25) is 9.69 Å². The molecule has 0 N–H and O–H groups in total. The van der Waals surface area contributed by atoms with Gasteiger partial charge < -0.3 is 9.64 Å². The third-order valence-electron chi connectivity index (χ3n) is 4.51. The molecule has 0 saturated carbocycles. The zero-order valence-electron chi connectivity index (χ0n) is 15.8. The second-order valence-corrected chi connectivity index (χ2v) is 8.58. The van der Waals surface area contributed by atoms with Gasteiger partial charge in [0, 0.05) is 37.0 Å². The van der Waals surface area contributed by atoms with Crippen LogP contribution in [-0.4, -0.2) is 53.5 Å². The van der Waals surface area contributed by atoms with Gasteiger partial charge in [-0.2, -0.15) is 0 Å². The zero-order chi connectivity index (χ0) is 18.6. The Bertz CT molecular complexity index is 716. The fourth-order valence-electron chi connectivity index (χ4n) is 2.83. The topological polar surface area (TPSA) is 45.7 Å². The van der Waals surface area contributed by atoms with E-state index in [0.29, 0.717) is 0 Å². The van der Waals surface area contributed by atoms with E-state index < -0.39 is 0 Å². The van der Waals surface area contributed by atoms with E-state index in [1.165, 1.54) is 0 Å². The molecule has 1 fully saturated rings. The van der Waals surface area contributed by atoms with Gasteiger partial charge >= 0.3 is 0 Å². The van der Waals surface area contributed by atoms with Crippen LogP contribution in [0.2, 0.25) is 0 Å². The third-order valence-corrected chi connectivity index (χ3v) is 5.34. The summed E-state index contributed by atoms with van der Waals surface area (Å²) in [5.41, 5.74) is 1.25. The van der Waals surface area contributed by atoms with Crippen LogP contribution in [0, 0.1) is 0 Å². The summed E-state index contributed by atoms with van der Waals surface area (Å²) in [4.78, 5) is 21.4. The van der Waals surface area contributed by atoms with E-state index in [2.05, 4.69) is 31.1 Å². The summed E-state index contributed by atoms with van der Waals surface area (Å²) < 4.78 is 5.56. The Labute approximate surface area is 159 Å². The number of carbonyl (C=O) groups excluding carboxylic acids is 1. The van der Waals surface area contributed by atoms with E-state index in [4.69, 9.17) is 9.72 Å². The second kappa shape index (κ2) is 8.18. The molecule has 1 aromatic carbocycles. The quantitative estimate of drug-likeness (QED) is 0.808. The number of aromatic nitrogens is 1. The molecule has 3 rings (SSSR count). The molecular formula is C20H27N3O2S. The molecule has 1 aliphatic heterocycles. The first-order valence-electron chi connectivity index (χ1n) is 9.05. The van der Waals surface area contributed by atoms with E-state index in [1.807, 2.05) is 35.2 Å². The van der Waals surface area contributed by atoms with Crippen LogP contribution < -0.4 is 4.74 Å². The lowest BCUT2D eigenvalue weighted by molar-refractivity contribution is -0.135. The van der Waals surface area contributed by atoms with Crippen molar-refractivity contribution in [3.05, 3.63) is 46.4 Å². The minimum Gasteiger partial charge on any atom is -0.484 e. The van der Waals surface area contributed by atoms with Gasteiger partial charge in [0.15, 0.2) is 6.61 Å². The molecular weight excluding hydrogens is 346 g/mol. The smallest absolute Gasteiger partial charge is 0.260 e. The summed E-state index contributed by atoms with van der Waals surface area (Å²) in [6.07, 6.45) is 0. The van der Waals surface area contributed by atoms with Gasteiger partial charge in [-0.1, -0.05) is 39.0 Å². The Morgan fingerprint density at radius 1 is 1.15 bits per heavy atom. The predicted octanol–water partition coefficient (Wildman–Crippen LogP) is 3.16. The minimum absolute atomic E-state index is 0.0535. The molecule has 6 heteroatoms. The van der Waals surface area contributed by atoms with Crippen molar-refractivity contribution in [2.75, 3.05) is 32.8 Å². The van der Waals surface area contributed by atoms with Crippen LogP contribution in [0.5, 0.6) is 5.75 Å². The first-order valence-corrected chi connectivity index (χ1v) is 9.92. The predicted molar refractivity (Wildman–Crippen MR) is 105 cm³/mol. The maximum absolute atomic E-state index is 12.3.